The van der Waals surface area contributed by atoms with Gasteiger partial charge in [-0.2, -0.15) is 0 Å². The van der Waals surface area contributed by atoms with Gasteiger partial charge in [-0.25, -0.2) is 4.79 Å². The highest BCUT2D eigenvalue weighted by Crippen LogP contribution is 2.33. The monoisotopic (exact) mass is 265 g/mol. The maximum Gasteiger partial charge on any atom is 0.328 e. The largest absolute Gasteiger partial charge is 0.478 e. The number of rotatable bonds is 5. The predicted molar refractivity (Wildman–Crippen MR) is 70.6 cm³/mol. The number of aliphatic carboxylic acids is 1. The number of thiophene rings is 1. The van der Waals surface area contributed by atoms with Crippen LogP contribution in [0.5, 0.6) is 0 Å². The van der Waals surface area contributed by atoms with Crippen LogP contribution >= 0.6 is 11.3 Å². The molecule has 0 aliphatic heterocycles. The molecule has 0 bridgehead atoms. The summed E-state index contributed by atoms with van der Waals surface area (Å²) in [6.07, 6.45) is 4.73. The van der Waals surface area contributed by atoms with Crippen LogP contribution in [-0.4, -0.2) is 23.0 Å². The third-order valence-corrected chi connectivity index (χ3v) is 4.05. The topological polar surface area (TPSA) is 66.4 Å². The van der Waals surface area contributed by atoms with Crippen molar-refractivity contribution in [2.45, 2.75) is 25.8 Å². The molecular formula is C13H15NO3S. The van der Waals surface area contributed by atoms with Gasteiger partial charge in [0.1, 0.15) is 0 Å². The van der Waals surface area contributed by atoms with Crippen molar-refractivity contribution in [3.63, 3.8) is 0 Å². The van der Waals surface area contributed by atoms with Gasteiger partial charge < -0.3 is 10.4 Å². The number of hydrogen-bond acceptors (Lipinski definition) is 3. The van der Waals surface area contributed by atoms with Crippen LogP contribution in [0.15, 0.2) is 18.2 Å². The Labute approximate surface area is 109 Å². The van der Waals surface area contributed by atoms with E-state index < -0.39 is 5.97 Å². The molecule has 1 aromatic heterocycles. The quantitative estimate of drug-likeness (QED) is 0.803. The van der Waals surface area contributed by atoms with Crippen LogP contribution in [0.4, 0.5) is 0 Å². The first-order valence-corrected chi connectivity index (χ1v) is 6.73. The molecule has 1 amide bonds. The van der Waals surface area contributed by atoms with Gasteiger partial charge in [0.15, 0.2) is 0 Å². The zero-order valence-corrected chi connectivity index (χ0v) is 10.9. The number of hydrogen-bond donors (Lipinski definition) is 2. The van der Waals surface area contributed by atoms with E-state index in [4.69, 9.17) is 5.11 Å². The summed E-state index contributed by atoms with van der Waals surface area (Å²) in [5, 5.41) is 11.5. The summed E-state index contributed by atoms with van der Waals surface area (Å²) in [6.45, 7) is 2.12. The van der Waals surface area contributed by atoms with Gasteiger partial charge in [-0.15, -0.1) is 11.3 Å². The standard InChI is InChI=1S/C13H15NO3S/c1-2-8-7-10(8)14-13(17)11-5-3-9(18-11)4-6-12(15)16/h3-6,8,10H,2,7H2,1H3,(H,14,17)(H,15,16)/b6-4+. The SMILES string of the molecule is CCC1CC1NC(=O)c1ccc(/C=C/C(=O)O)s1. The van der Waals surface area contributed by atoms with E-state index >= 15 is 0 Å². The minimum absolute atomic E-state index is 0.0593. The van der Waals surface area contributed by atoms with Crippen molar-refractivity contribution in [3.8, 4) is 0 Å². The molecule has 2 N–H and O–H groups in total. The van der Waals surface area contributed by atoms with Gasteiger partial charge in [0.2, 0.25) is 0 Å². The van der Waals surface area contributed by atoms with Gasteiger partial charge in [0.05, 0.1) is 4.88 Å². The first kappa shape index (κ1) is 12.8. The first-order chi connectivity index (χ1) is 8.60. The summed E-state index contributed by atoms with van der Waals surface area (Å²) in [5.74, 6) is -0.422. The fourth-order valence-electron chi connectivity index (χ4n) is 1.83. The zero-order valence-electron chi connectivity index (χ0n) is 10.1. The third kappa shape index (κ3) is 3.20. The van der Waals surface area contributed by atoms with Gasteiger partial charge in [-0.1, -0.05) is 13.3 Å². The number of carboxylic acid groups (broad SMARTS) is 1. The number of nitrogens with one attached hydrogen (secondary N) is 1. The lowest BCUT2D eigenvalue weighted by Gasteiger charge is -2.00. The maximum absolute atomic E-state index is 11.9. The van der Waals surface area contributed by atoms with Gasteiger partial charge in [0, 0.05) is 17.0 Å². The summed E-state index contributed by atoms with van der Waals surface area (Å²) in [4.78, 5) is 23.6. The van der Waals surface area contributed by atoms with Gasteiger partial charge in [-0.05, 0) is 30.5 Å². The number of carboxylic acids is 1. The molecular weight excluding hydrogens is 250 g/mol. The summed E-state index contributed by atoms with van der Waals surface area (Å²) < 4.78 is 0. The number of carbonyl (C=O) groups excluding carboxylic acids is 1. The van der Waals surface area contributed by atoms with Crippen LogP contribution in [0.3, 0.4) is 0 Å². The summed E-state index contributed by atoms with van der Waals surface area (Å²) in [6, 6.07) is 3.80. The Kier molecular flexibility index (Phi) is 3.81. The van der Waals surface area contributed by atoms with Crippen molar-refractivity contribution < 1.29 is 14.7 Å². The molecule has 96 valence electrons. The van der Waals surface area contributed by atoms with Crippen LogP contribution < -0.4 is 5.32 Å². The van der Waals surface area contributed by atoms with Crippen LogP contribution in [-0.2, 0) is 4.79 Å². The normalized spacial score (nSPS) is 22.1. The smallest absolute Gasteiger partial charge is 0.328 e. The highest BCUT2D eigenvalue weighted by Gasteiger charge is 2.36. The summed E-state index contributed by atoms with van der Waals surface area (Å²) in [7, 11) is 0. The average molecular weight is 265 g/mol. The predicted octanol–water partition coefficient (Wildman–Crippen LogP) is 2.37. The molecule has 2 rings (SSSR count). The van der Waals surface area contributed by atoms with E-state index in [0.717, 1.165) is 23.8 Å². The molecule has 1 aliphatic carbocycles. The molecule has 1 heterocycles. The van der Waals surface area contributed by atoms with Crippen molar-refractivity contribution in [2.75, 3.05) is 0 Å². The Balaban J connectivity index is 1.93. The molecule has 2 atom stereocenters. The maximum atomic E-state index is 11.9. The molecule has 1 saturated carbocycles. The minimum atomic E-state index is -0.988. The molecule has 0 radical (unpaired) electrons. The van der Waals surface area contributed by atoms with E-state index in [1.54, 1.807) is 12.1 Å². The zero-order chi connectivity index (χ0) is 13.1. The van der Waals surface area contributed by atoms with Gasteiger partial charge in [-0.3, -0.25) is 4.79 Å². The second-order valence-electron chi connectivity index (χ2n) is 4.36. The molecule has 4 nitrogen and oxygen atoms in total. The second-order valence-corrected chi connectivity index (χ2v) is 5.47. The first-order valence-electron chi connectivity index (χ1n) is 5.92. The van der Waals surface area contributed by atoms with Crippen LogP contribution in [0.25, 0.3) is 6.08 Å². The lowest BCUT2D eigenvalue weighted by Crippen LogP contribution is -2.25. The minimum Gasteiger partial charge on any atom is -0.478 e. The van der Waals surface area contributed by atoms with Crippen molar-refractivity contribution in [1.82, 2.24) is 5.32 Å². The molecule has 2 unspecified atom stereocenters. The average Bonchev–Trinajstić information content (AvgIpc) is 2.90. The molecule has 1 fully saturated rings. The Morgan fingerprint density at radius 3 is 2.94 bits per heavy atom. The Bertz CT molecular complexity index is 492. The van der Waals surface area contributed by atoms with Crippen LogP contribution in [0.1, 0.15) is 34.3 Å². The van der Waals surface area contributed by atoms with Crippen molar-refractivity contribution in [2.24, 2.45) is 5.92 Å². The van der Waals surface area contributed by atoms with Crippen molar-refractivity contribution in [3.05, 3.63) is 28.0 Å². The van der Waals surface area contributed by atoms with E-state index in [-0.39, 0.29) is 5.91 Å². The highest BCUT2D eigenvalue weighted by molar-refractivity contribution is 7.14. The molecule has 0 aromatic carbocycles. The highest BCUT2D eigenvalue weighted by atomic mass is 32.1. The number of carbonyl (C=O) groups is 2. The third-order valence-electron chi connectivity index (χ3n) is 3.00. The van der Waals surface area contributed by atoms with Gasteiger partial charge in [0.25, 0.3) is 5.91 Å². The fraction of sp³-hybridized carbons (Fsp3) is 0.385. The summed E-state index contributed by atoms with van der Waals surface area (Å²) in [5.41, 5.74) is 0. The molecule has 18 heavy (non-hydrogen) atoms. The second kappa shape index (κ2) is 5.35. The Morgan fingerprint density at radius 2 is 2.33 bits per heavy atom. The van der Waals surface area contributed by atoms with Crippen molar-refractivity contribution in [1.29, 1.82) is 0 Å². The molecule has 0 spiro atoms. The molecule has 0 saturated heterocycles. The molecule has 1 aliphatic rings. The van der Waals surface area contributed by atoms with E-state index in [9.17, 15) is 9.59 Å². The molecule has 5 heteroatoms. The van der Waals surface area contributed by atoms with E-state index in [0.29, 0.717) is 16.8 Å². The Morgan fingerprint density at radius 1 is 1.56 bits per heavy atom. The van der Waals surface area contributed by atoms with Gasteiger partial charge >= 0.3 is 5.97 Å². The summed E-state index contributed by atoms with van der Waals surface area (Å²) >= 11 is 1.30. The van der Waals surface area contributed by atoms with E-state index in [1.807, 2.05) is 0 Å². The van der Waals surface area contributed by atoms with Crippen molar-refractivity contribution >= 4 is 29.3 Å². The lowest BCUT2D eigenvalue weighted by atomic mass is 10.3. The van der Waals surface area contributed by atoms with E-state index in [1.165, 1.54) is 17.4 Å². The fourth-order valence-corrected chi connectivity index (χ4v) is 2.65. The lowest BCUT2D eigenvalue weighted by molar-refractivity contribution is -0.131. The van der Waals surface area contributed by atoms with Crippen LogP contribution in [0.2, 0.25) is 0 Å². The number of amides is 1. The van der Waals surface area contributed by atoms with E-state index in [2.05, 4.69) is 12.2 Å². The molecule has 1 aromatic rings. The van der Waals surface area contributed by atoms with Crippen LogP contribution in [0, 0.1) is 5.92 Å². The Hall–Kier alpha value is -1.62.